The number of thioether (sulfide) groups is 1. The van der Waals surface area contributed by atoms with Crippen molar-refractivity contribution in [2.75, 3.05) is 11.1 Å². The molecule has 0 radical (unpaired) electrons. The summed E-state index contributed by atoms with van der Waals surface area (Å²) in [6, 6.07) is 12.2. The molecule has 0 bridgehead atoms. The molecular formula is C20H21BrN4OS. The van der Waals surface area contributed by atoms with Crippen molar-refractivity contribution in [1.82, 2.24) is 14.8 Å². The molecule has 0 saturated carbocycles. The molecule has 1 aromatic heterocycles. The fourth-order valence-corrected chi connectivity index (χ4v) is 4.33. The van der Waals surface area contributed by atoms with Crippen LogP contribution in [0.25, 0.3) is 5.69 Å². The summed E-state index contributed by atoms with van der Waals surface area (Å²) < 4.78 is 2.97. The van der Waals surface area contributed by atoms with Gasteiger partial charge in [-0.05, 0) is 63.1 Å². The number of hydrogen-bond acceptors (Lipinski definition) is 4. The van der Waals surface area contributed by atoms with E-state index in [1.807, 2.05) is 49.6 Å². The van der Waals surface area contributed by atoms with E-state index in [9.17, 15) is 4.79 Å². The summed E-state index contributed by atoms with van der Waals surface area (Å²) in [5, 5.41) is 12.1. The largest absolute Gasteiger partial charge is 0.325 e. The number of amides is 1. The Kier molecular flexibility index (Phi) is 6.01. The summed E-state index contributed by atoms with van der Waals surface area (Å²) in [7, 11) is 0. The van der Waals surface area contributed by atoms with Crippen LogP contribution < -0.4 is 5.32 Å². The average Bonchev–Trinajstić information content (AvgIpc) is 2.98. The fourth-order valence-electron chi connectivity index (χ4n) is 2.84. The van der Waals surface area contributed by atoms with Crippen LogP contribution in [-0.4, -0.2) is 26.4 Å². The van der Waals surface area contributed by atoms with E-state index in [0.717, 1.165) is 32.8 Å². The zero-order chi connectivity index (χ0) is 19.6. The molecule has 27 heavy (non-hydrogen) atoms. The van der Waals surface area contributed by atoms with Crippen LogP contribution in [0.4, 0.5) is 5.69 Å². The number of carbonyl (C=O) groups excluding carboxylic acids is 1. The second-order valence-corrected chi connectivity index (χ2v) is 8.31. The van der Waals surface area contributed by atoms with E-state index in [-0.39, 0.29) is 11.7 Å². The maximum atomic E-state index is 12.5. The maximum Gasteiger partial charge on any atom is 0.234 e. The van der Waals surface area contributed by atoms with Crippen LogP contribution >= 0.6 is 27.7 Å². The molecule has 0 saturated heterocycles. The van der Waals surface area contributed by atoms with Crippen LogP contribution in [0, 0.1) is 27.7 Å². The quantitative estimate of drug-likeness (QED) is 0.562. The predicted molar refractivity (Wildman–Crippen MR) is 114 cm³/mol. The molecule has 0 aliphatic carbocycles. The van der Waals surface area contributed by atoms with Gasteiger partial charge in [-0.1, -0.05) is 45.4 Å². The molecule has 7 heteroatoms. The third kappa shape index (κ3) is 4.59. The van der Waals surface area contributed by atoms with E-state index in [4.69, 9.17) is 0 Å². The Bertz CT molecular complexity index is 959. The number of nitrogens with one attached hydrogen (secondary N) is 1. The van der Waals surface area contributed by atoms with Gasteiger partial charge in [-0.25, -0.2) is 0 Å². The summed E-state index contributed by atoms with van der Waals surface area (Å²) >= 11 is 4.85. The van der Waals surface area contributed by atoms with E-state index in [2.05, 4.69) is 50.5 Å². The lowest BCUT2D eigenvalue weighted by Gasteiger charge is -2.12. The number of rotatable bonds is 5. The van der Waals surface area contributed by atoms with E-state index in [1.165, 1.54) is 17.3 Å². The number of benzene rings is 2. The van der Waals surface area contributed by atoms with Gasteiger partial charge in [0.2, 0.25) is 5.91 Å². The monoisotopic (exact) mass is 444 g/mol. The standard InChI is InChI=1S/C20H21BrN4OS/c1-12-5-7-17(8-6-12)25-15(4)23-24-20(25)27-11-18(26)22-19-13(2)9-16(21)10-14(19)3/h5-10H,11H2,1-4H3,(H,22,26). The molecule has 140 valence electrons. The van der Waals surface area contributed by atoms with Gasteiger partial charge >= 0.3 is 0 Å². The molecular weight excluding hydrogens is 424 g/mol. The lowest BCUT2D eigenvalue weighted by Crippen LogP contribution is -2.16. The SMILES string of the molecule is Cc1ccc(-n2c(C)nnc2SCC(=O)Nc2c(C)cc(Br)cc2C)cc1. The summed E-state index contributed by atoms with van der Waals surface area (Å²) in [5.41, 5.74) is 5.10. The predicted octanol–water partition coefficient (Wildman–Crippen LogP) is 4.99. The first-order valence-electron chi connectivity index (χ1n) is 8.53. The number of carbonyl (C=O) groups is 1. The van der Waals surface area contributed by atoms with Gasteiger partial charge in [0.25, 0.3) is 0 Å². The third-order valence-electron chi connectivity index (χ3n) is 4.18. The first kappa shape index (κ1) is 19.6. The van der Waals surface area contributed by atoms with Crippen LogP contribution in [0.2, 0.25) is 0 Å². The third-order valence-corrected chi connectivity index (χ3v) is 5.57. The number of aryl methyl sites for hydroxylation is 4. The Balaban J connectivity index is 1.73. The summed E-state index contributed by atoms with van der Waals surface area (Å²) in [4.78, 5) is 12.5. The Labute approximate surface area is 171 Å². The fraction of sp³-hybridized carbons (Fsp3) is 0.250. The minimum absolute atomic E-state index is 0.0652. The van der Waals surface area contributed by atoms with Crippen molar-refractivity contribution >= 4 is 39.3 Å². The van der Waals surface area contributed by atoms with Crippen LogP contribution in [0.5, 0.6) is 0 Å². The van der Waals surface area contributed by atoms with Gasteiger partial charge in [0.05, 0.1) is 5.75 Å². The number of hydrogen-bond donors (Lipinski definition) is 1. The molecule has 0 spiro atoms. The van der Waals surface area contributed by atoms with Gasteiger partial charge in [0, 0.05) is 15.8 Å². The van der Waals surface area contributed by atoms with Crippen LogP contribution in [-0.2, 0) is 4.79 Å². The average molecular weight is 445 g/mol. The minimum atomic E-state index is -0.0652. The van der Waals surface area contributed by atoms with Crippen molar-refractivity contribution in [2.45, 2.75) is 32.9 Å². The van der Waals surface area contributed by atoms with Gasteiger partial charge in [-0.2, -0.15) is 0 Å². The van der Waals surface area contributed by atoms with E-state index < -0.39 is 0 Å². The lowest BCUT2D eigenvalue weighted by atomic mass is 10.1. The lowest BCUT2D eigenvalue weighted by molar-refractivity contribution is -0.113. The number of anilines is 1. The second-order valence-electron chi connectivity index (χ2n) is 6.45. The molecule has 3 rings (SSSR count). The van der Waals surface area contributed by atoms with Gasteiger partial charge in [0.15, 0.2) is 5.16 Å². The van der Waals surface area contributed by atoms with Gasteiger partial charge < -0.3 is 5.32 Å². The summed E-state index contributed by atoms with van der Waals surface area (Å²) in [5.74, 6) is 0.991. The highest BCUT2D eigenvalue weighted by Crippen LogP contribution is 2.26. The van der Waals surface area contributed by atoms with Crippen molar-refractivity contribution in [2.24, 2.45) is 0 Å². The molecule has 2 aromatic carbocycles. The van der Waals surface area contributed by atoms with Crippen molar-refractivity contribution in [1.29, 1.82) is 0 Å². The highest BCUT2D eigenvalue weighted by atomic mass is 79.9. The topological polar surface area (TPSA) is 59.8 Å². The molecule has 1 heterocycles. The highest BCUT2D eigenvalue weighted by Gasteiger charge is 2.14. The first-order chi connectivity index (χ1) is 12.8. The van der Waals surface area contributed by atoms with Crippen molar-refractivity contribution in [3.05, 3.63) is 63.4 Å². The van der Waals surface area contributed by atoms with E-state index in [0.29, 0.717) is 5.16 Å². The molecule has 0 aliphatic rings. The second kappa shape index (κ2) is 8.27. The Hall–Kier alpha value is -2.12. The van der Waals surface area contributed by atoms with E-state index >= 15 is 0 Å². The number of halogens is 1. The Morgan fingerprint density at radius 2 is 1.70 bits per heavy atom. The van der Waals surface area contributed by atoms with Crippen molar-refractivity contribution in [3.63, 3.8) is 0 Å². The molecule has 0 fully saturated rings. The van der Waals surface area contributed by atoms with Gasteiger partial charge in [-0.3, -0.25) is 9.36 Å². The molecule has 0 atom stereocenters. The van der Waals surface area contributed by atoms with Gasteiger partial charge in [0.1, 0.15) is 5.82 Å². The highest BCUT2D eigenvalue weighted by molar-refractivity contribution is 9.10. The number of aromatic nitrogens is 3. The summed E-state index contributed by atoms with van der Waals surface area (Å²) in [6.07, 6.45) is 0. The van der Waals surface area contributed by atoms with Crippen LogP contribution in [0.3, 0.4) is 0 Å². The maximum absolute atomic E-state index is 12.5. The molecule has 0 unspecified atom stereocenters. The smallest absolute Gasteiger partial charge is 0.234 e. The molecule has 1 N–H and O–H groups in total. The van der Waals surface area contributed by atoms with Crippen molar-refractivity contribution in [3.8, 4) is 5.69 Å². The molecule has 0 aliphatic heterocycles. The van der Waals surface area contributed by atoms with Crippen LogP contribution in [0.1, 0.15) is 22.5 Å². The Morgan fingerprint density at radius 3 is 2.33 bits per heavy atom. The minimum Gasteiger partial charge on any atom is -0.325 e. The molecule has 3 aromatic rings. The molecule has 5 nitrogen and oxygen atoms in total. The van der Waals surface area contributed by atoms with E-state index in [1.54, 1.807) is 0 Å². The zero-order valence-electron chi connectivity index (χ0n) is 15.7. The first-order valence-corrected chi connectivity index (χ1v) is 10.3. The van der Waals surface area contributed by atoms with Crippen molar-refractivity contribution < 1.29 is 4.79 Å². The summed E-state index contributed by atoms with van der Waals surface area (Å²) in [6.45, 7) is 7.93. The van der Waals surface area contributed by atoms with Gasteiger partial charge in [-0.15, -0.1) is 10.2 Å². The Morgan fingerprint density at radius 1 is 1.07 bits per heavy atom. The number of nitrogens with zero attached hydrogens (tertiary/aromatic N) is 3. The normalized spacial score (nSPS) is 10.9. The van der Waals surface area contributed by atoms with Crippen LogP contribution in [0.15, 0.2) is 46.0 Å². The molecule has 1 amide bonds. The zero-order valence-corrected chi connectivity index (χ0v) is 18.1.